The fourth-order valence-electron chi connectivity index (χ4n) is 0.884. The van der Waals surface area contributed by atoms with E-state index < -0.39 is 0 Å². The second-order valence-corrected chi connectivity index (χ2v) is 2.51. The summed E-state index contributed by atoms with van der Waals surface area (Å²) in [5, 5.41) is 0. The van der Waals surface area contributed by atoms with Gasteiger partial charge >= 0.3 is 0 Å². The molecule has 0 saturated carbocycles. The number of benzene rings is 1. The molecule has 62 valence electrons. The van der Waals surface area contributed by atoms with Gasteiger partial charge in [0.2, 0.25) is 0 Å². The van der Waals surface area contributed by atoms with Gasteiger partial charge in [-0.25, -0.2) is 0 Å². The van der Waals surface area contributed by atoms with E-state index in [1.54, 1.807) is 18.2 Å². The zero-order valence-corrected chi connectivity index (χ0v) is 7.12. The first kappa shape index (κ1) is 8.97. The van der Waals surface area contributed by atoms with E-state index in [1.807, 2.05) is 12.1 Å². The maximum atomic E-state index is 5.52. The van der Waals surface area contributed by atoms with E-state index in [4.69, 9.17) is 18.6 Å². The van der Waals surface area contributed by atoms with E-state index in [0.29, 0.717) is 5.57 Å². The predicted molar refractivity (Wildman–Crippen MR) is 56.5 cm³/mol. The van der Waals surface area contributed by atoms with Gasteiger partial charge in [-0.2, -0.15) is 0 Å². The Hall–Kier alpha value is -2.12. The van der Waals surface area contributed by atoms with E-state index in [-0.39, 0.29) is 0 Å². The van der Waals surface area contributed by atoms with Gasteiger partial charge in [0, 0.05) is 5.69 Å². The zero-order valence-electron chi connectivity index (χ0n) is 7.12. The molecule has 1 rings (SSSR count). The van der Waals surface area contributed by atoms with Crippen molar-refractivity contribution < 1.29 is 0 Å². The van der Waals surface area contributed by atoms with Crippen molar-refractivity contribution in [1.29, 1.82) is 0 Å². The number of anilines is 1. The van der Waals surface area contributed by atoms with Crippen molar-refractivity contribution in [1.82, 2.24) is 0 Å². The largest absolute Gasteiger partial charge is 0.399 e. The summed E-state index contributed by atoms with van der Waals surface area (Å²) in [6.45, 7) is 0. The van der Waals surface area contributed by atoms with Gasteiger partial charge in [-0.05, 0) is 23.8 Å². The third-order valence-corrected chi connectivity index (χ3v) is 1.56. The number of hydrogen-bond donors (Lipinski definition) is 1. The molecule has 1 aromatic carbocycles. The Labute approximate surface area is 78.3 Å². The van der Waals surface area contributed by atoms with Crippen LogP contribution in [-0.4, -0.2) is 0 Å². The molecule has 2 N–H and O–H groups in total. The molecule has 0 fully saturated rings. The van der Waals surface area contributed by atoms with Crippen LogP contribution >= 0.6 is 0 Å². The molecule has 0 radical (unpaired) electrons. The minimum Gasteiger partial charge on any atom is -0.399 e. The van der Waals surface area contributed by atoms with Crippen LogP contribution in [-0.2, 0) is 0 Å². The maximum absolute atomic E-state index is 5.52. The quantitative estimate of drug-likeness (QED) is 0.502. The Morgan fingerprint density at radius 3 is 2.15 bits per heavy atom. The molecule has 0 heterocycles. The molecule has 0 aliphatic rings. The van der Waals surface area contributed by atoms with Crippen molar-refractivity contribution in [2.24, 2.45) is 0 Å². The molecule has 13 heavy (non-hydrogen) atoms. The van der Waals surface area contributed by atoms with Crippen molar-refractivity contribution in [3.8, 4) is 24.7 Å². The zero-order chi connectivity index (χ0) is 9.68. The molecule has 1 heteroatoms. The molecule has 0 aliphatic heterocycles. The summed E-state index contributed by atoms with van der Waals surface area (Å²) in [5.41, 5.74) is 7.73. The summed E-state index contributed by atoms with van der Waals surface area (Å²) in [7, 11) is 0. The van der Waals surface area contributed by atoms with Crippen LogP contribution in [0.15, 0.2) is 29.8 Å². The number of nitrogen functional groups attached to an aromatic ring is 1. The third-order valence-electron chi connectivity index (χ3n) is 1.56. The van der Waals surface area contributed by atoms with Crippen LogP contribution in [0.1, 0.15) is 5.56 Å². The molecule has 0 aliphatic carbocycles. The van der Waals surface area contributed by atoms with E-state index >= 15 is 0 Å². The average Bonchev–Trinajstić information content (AvgIpc) is 2.17. The molecule has 1 aromatic rings. The van der Waals surface area contributed by atoms with Crippen LogP contribution in [0, 0.1) is 24.7 Å². The second-order valence-electron chi connectivity index (χ2n) is 2.51. The van der Waals surface area contributed by atoms with Gasteiger partial charge < -0.3 is 5.73 Å². The summed E-state index contributed by atoms with van der Waals surface area (Å²) >= 11 is 0. The Balaban J connectivity index is 3.00. The maximum Gasteiger partial charge on any atom is 0.0744 e. The van der Waals surface area contributed by atoms with E-state index in [1.165, 1.54) is 0 Å². The van der Waals surface area contributed by atoms with Crippen LogP contribution in [0.3, 0.4) is 0 Å². The molecule has 0 saturated heterocycles. The van der Waals surface area contributed by atoms with Crippen LogP contribution in [0.25, 0.3) is 6.08 Å². The van der Waals surface area contributed by atoms with E-state index in [2.05, 4.69) is 11.8 Å². The number of nitrogens with two attached hydrogens (primary N) is 1. The second kappa shape index (κ2) is 4.04. The SMILES string of the molecule is C#CC(C#C)=Cc1ccc(N)cc1. The molecule has 1 nitrogen and oxygen atoms in total. The molecule has 0 amide bonds. The van der Waals surface area contributed by atoms with Gasteiger partial charge in [0.05, 0.1) is 5.57 Å². The summed E-state index contributed by atoms with van der Waals surface area (Å²) in [4.78, 5) is 0. The molecule has 0 spiro atoms. The van der Waals surface area contributed by atoms with Crippen molar-refractivity contribution in [2.45, 2.75) is 0 Å². The lowest BCUT2D eigenvalue weighted by molar-refractivity contribution is 1.64. The first-order valence-corrected chi connectivity index (χ1v) is 3.76. The summed E-state index contributed by atoms with van der Waals surface area (Å²) in [6, 6.07) is 7.33. The van der Waals surface area contributed by atoms with E-state index in [9.17, 15) is 0 Å². The Kier molecular flexibility index (Phi) is 2.79. The first-order chi connectivity index (χ1) is 6.26. The van der Waals surface area contributed by atoms with Crippen LogP contribution < -0.4 is 5.73 Å². The number of hydrogen-bond acceptors (Lipinski definition) is 1. The highest BCUT2D eigenvalue weighted by Crippen LogP contribution is 2.09. The number of rotatable bonds is 1. The highest BCUT2D eigenvalue weighted by Gasteiger charge is 1.89. The minimum absolute atomic E-state index is 0.532. The topological polar surface area (TPSA) is 26.0 Å². The van der Waals surface area contributed by atoms with Crippen molar-refractivity contribution >= 4 is 11.8 Å². The summed E-state index contributed by atoms with van der Waals surface area (Å²) in [5.74, 6) is 4.82. The van der Waals surface area contributed by atoms with Crippen molar-refractivity contribution in [2.75, 3.05) is 5.73 Å². The van der Waals surface area contributed by atoms with Gasteiger partial charge in [0.15, 0.2) is 0 Å². The lowest BCUT2D eigenvalue weighted by Crippen LogP contribution is -1.83. The number of allylic oxidation sites excluding steroid dienone is 1. The molecular weight excluding hydrogens is 158 g/mol. The van der Waals surface area contributed by atoms with Crippen LogP contribution in [0.5, 0.6) is 0 Å². The Morgan fingerprint density at radius 2 is 1.69 bits per heavy atom. The first-order valence-electron chi connectivity index (χ1n) is 3.76. The molecular formula is C12H9N. The van der Waals surface area contributed by atoms with Crippen LogP contribution in [0.2, 0.25) is 0 Å². The summed E-state index contributed by atoms with van der Waals surface area (Å²) < 4.78 is 0. The van der Waals surface area contributed by atoms with Gasteiger partial charge in [0.25, 0.3) is 0 Å². The molecule has 0 aromatic heterocycles. The highest BCUT2D eigenvalue weighted by atomic mass is 14.5. The van der Waals surface area contributed by atoms with Crippen molar-refractivity contribution in [3.63, 3.8) is 0 Å². The fourth-order valence-corrected chi connectivity index (χ4v) is 0.884. The van der Waals surface area contributed by atoms with E-state index in [0.717, 1.165) is 11.3 Å². The third kappa shape index (κ3) is 2.43. The van der Waals surface area contributed by atoms with Gasteiger partial charge in [-0.3, -0.25) is 0 Å². The smallest absolute Gasteiger partial charge is 0.0744 e. The average molecular weight is 167 g/mol. The summed E-state index contributed by atoms with van der Waals surface area (Å²) in [6.07, 6.45) is 12.1. The standard InChI is InChI=1S/C12H9N/c1-3-10(4-2)9-11-5-7-12(13)8-6-11/h1-2,5-9H,13H2. The lowest BCUT2D eigenvalue weighted by Gasteiger charge is -1.94. The number of terminal acetylenes is 2. The van der Waals surface area contributed by atoms with Crippen molar-refractivity contribution in [3.05, 3.63) is 35.4 Å². The predicted octanol–water partition coefficient (Wildman–Crippen LogP) is 1.92. The Bertz CT molecular complexity index is 380. The highest BCUT2D eigenvalue weighted by molar-refractivity contribution is 5.64. The normalized spacial score (nSPS) is 8.15. The van der Waals surface area contributed by atoms with Gasteiger partial charge in [-0.1, -0.05) is 24.0 Å². The van der Waals surface area contributed by atoms with Crippen LogP contribution in [0.4, 0.5) is 5.69 Å². The minimum atomic E-state index is 0.532. The van der Waals surface area contributed by atoms with Gasteiger partial charge in [0.1, 0.15) is 0 Å². The fraction of sp³-hybridized carbons (Fsp3) is 0. The Morgan fingerprint density at radius 1 is 1.15 bits per heavy atom. The molecule has 0 unspecified atom stereocenters. The molecule has 0 atom stereocenters. The monoisotopic (exact) mass is 167 g/mol. The molecule has 0 bridgehead atoms. The van der Waals surface area contributed by atoms with Gasteiger partial charge in [-0.15, -0.1) is 12.8 Å². The lowest BCUT2D eigenvalue weighted by atomic mass is 10.1.